The highest BCUT2D eigenvalue weighted by Gasteiger charge is 2.11. The molecule has 21 heavy (non-hydrogen) atoms. The molecule has 0 saturated carbocycles. The fraction of sp³-hybridized carbons (Fsp3) is 0.0667. The normalized spacial score (nSPS) is 10.6. The van der Waals surface area contributed by atoms with Crippen LogP contribution in [0.2, 0.25) is 0 Å². The van der Waals surface area contributed by atoms with Crippen molar-refractivity contribution < 1.29 is 13.5 Å². The summed E-state index contributed by atoms with van der Waals surface area (Å²) in [7, 11) is 0. The van der Waals surface area contributed by atoms with E-state index in [-0.39, 0.29) is 12.4 Å². The minimum atomic E-state index is -0.309. The van der Waals surface area contributed by atoms with Gasteiger partial charge >= 0.3 is 0 Å². The van der Waals surface area contributed by atoms with Crippen LogP contribution in [-0.2, 0) is 6.61 Å². The molecular weight excluding hydrogens is 339 g/mol. The van der Waals surface area contributed by atoms with E-state index in [0.29, 0.717) is 17.5 Å². The van der Waals surface area contributed by atoms with Crippen molar-refractivity contribution in [2.45, 2.75) is 6.61 Å². The molecule has 3 aromatic rings. The van der Waals surface area contributed by atoms with E-state index in [2.05, 4.69) is 26.1 Å². The summed E-state index contributed by atoms with van der Waals surface area (Å²) in [5.74, 6) is 0.999. The van der Waals surface area contributed by atoms with Gasteiger partial charge < -0.3 is 9.15 Å². The molecule has 0 radical (unpaired) electrons. The van der Waals surface area contributed by atoms with Crippen molar-refractivity contribution in [3.05, 3.63) is 64.7 Å². The van der Waals surface area contributed by atoms with Crippen molar-refractivity contribution in [1.82, 2.24) is 10.2 Å². The average Bonchev–Trinajstić information content (AvgIpc) is 2.96. The van der Waals surface area contributed by atoms with E-state index in [1.165, 1.54) is 12.1 Å². The summed E-state index contributed by atoms with van der Waals surface area (Å²) < 4.78 is 24.6. The Morgan fingerprint density at radius 3 is 2.57 bits per heavy atom. The van der Waals surface area contributed by atoms with Gasteiger partial charge in [0.15, 0.2) is 6.61 Å². The van der Waals surface area contributed by atoms with Crippen molar-refractivity contribution in [2.24, 2.45) is 0 Å². The van der Waals surface area contributed by atoms with Gasteiger partial charge in [0.2, 0.25) is 5.89 Å². The lowest BCUT2D eigenvalue weighted by molar-refractivity contribution is 0.264. The Labute approximate surface area is 128 Å². The first-order valence-electron chi connectivity index (χ1n) is 6.18. The van der Waals surface area contributed by atoms with Crippen LogP contribution in [0.25, 0.3) is 11.5 Å². The third-order valence-electron chi connectivity index (χ3n) is 2.75. The highest BCUT2D eigenvalue weighted by molar-refractivity contribution is 9.10. The molecule has 1 heterocycles. The van der Waals surface area contributed by atoms with Crippen LogP contribution >= 0.6 is 15.9 Å². The number of aromatic nitrogens is 2. The Bertz CT molecular complexity index is 743. The summed E-state index contributed by atoms with van der Waals surface area (Å²) in [6.45, 7) is 0.128. The van der Waals surface area contributed by atoms with Crippen molar-refractivity contribution in [3.8, 4) is 17.2 Å². The van der Waals surface area contributed by atoms with Crippen LogP contribution in [0.1, 0.15) is 5.89 Å². The molecule has 0 N–H and O–H groups in total. The first-order chi connectivity index (χ1) is 10.2. The van der Waals surface area contributed by atoms with Gasteiger partial charge in [-0.15, -0.1) is 10.2 Å². The zero-order chi connectivity index (χ0) is 14.7. The number of nitrogens with zero attached hydrogens (tertiary/aromatic N) is 2. The number of hydrogen-bond donors (Lipinski definition) is 0. The van der Waals surface area contributed by atoms with Crippen LogP contribution < -0.4 is 4.74 Å². The SMILES string of the molecule is Fc1ccc(OCc2nnc(-c3ccccc3Br)o2)cc1. The van der Waals surface area contributed by atoms with Gasteiger partial charge in [0, 0.05) is 4.47 Å². The first-order valence-corrected chi connectivity index (χ1v) is 6.97. The van der Waals surface area contributed by atoms with E-state index in [0.717, 1.165) is 10.0 Å². The first kappa shape index (κ1) is 13.8. The highest BCUT2D eigenvalue weighted by atomic mass is 79.9. The summed E-state index contributed by atoms with van der Waals surface area (Å²) >= 11 is 3.43. The van der Waals surface area contributed by atoms with Crippen LogP contribution in [-0.4, -0.2) is 10.2 Å². The van der Waals surface area contributed by atoms with Gasteiger partial charge in [-0.2, -0.15) is 0 Å². The largest absolute Gasteiger partial charge is 0.484 e. The molecule has 2 aromatic carbocycles. The third kappa shape index (κ3) is 3.28. The van der Waals surface area contributed by atoms with Crippen LogP contribution in [0.4, 0.5) is 4.39 Å². The van der Waals surface area contributed by atoms with Gasteiger partial charge in [-0.3, -0.25) is 0 Å². The summed E-state index contributed by atoms with van der Waals surface area (Å²) in [5, 5.41) is 7.92. The van der Waals surface area contributed by atoms with E-state index >= 15 is 0 Å². The van der Waals surface area contributed by atoms with Crippen LogP contribution in [0, 0.1) is 5.82 Å². The molecule has 0 unspecified atom stereocenters. The zero-order valence-corrected chi connectivity index (χ0v) is 12.4. The van der Waals surface area contributed by atoms with Crippen molar-refractivity contribution in [3.63, 3.8) is 0 Å². The van der Waals surface area contributed by atoms with Gasteiger partial charge in [0.25, 0.3) is 5.89 Å². The van der Waals surface area contributed by atoms with Gasteiger partial charge in [-0.25, -0.2) is 4.39 Å². The van der Waals surface area contributed by atoms with Crippen molar-refractivity contribution in [2.75, 3.05) is 0 Å². The van der Waals surface area contributed by atoms with Crippen LogP contribution in [0.5, 0.6) is 5.75 Å². The smallest absolute Gasteiger partial charge is 0.254 e. The number of benzene rings is 2. The molecule has 0 saturated heterocycles. The Kier molecular flexibility index (Phi) is 3.96. The third-order valence-corrected chi connectivity index (χ3v) is 3.44. The van der Waals surface area contributed by atoms with Crippen LogP contribution in [0.3, 0.4) is 0 Å². The van der Waals surface area contributed by atoms with E-state index in [1.54, 1.807) is 12.1 Å². The standard InChI is InChI=1S/C15H10BrFN2O2/c16-13-4-2-1-3-12(13)15-19-18-14(21-15)9-20-11-7-5-10(17)6-8-11/h1-8H,9H2. The summed E-state index contributed by atoms with van der Waals surface area (Å²) in [4.78, 5) is 0. The van der Waals surface area contributed by atoms with E-state index < -0.39 is 0 Å². The molecule has 0 aliphatic carbocycles. The Balaban J connectivity index is 1.71. The predicted octanol–water partition coefficient (Wildman–Crippen LogP) is 4.22. The molecule has 0 spiro atoms. The fourth-order valence-electron chi connectivity index (χ4n) is 1.73. The summed E-state index contributed by atoms with van der Waals surface area (Å²) in [5.41, 5.74) is 0.818. The van der Waals surface area contributed by atoms with E-state index in [9.17, 15) is 4.39 Å². The van der Waals surface area contributed by atoms with E-state index in [1.807, 2.05) is 24.3 Å². The molecule has 0 amide bonds. The summed E-state index contributed by atoms with van der Waals surface area (Å²) in [6.07, 6.45) is 0. The van der Waals surface area contributed by atoms with Gasteiger partial charge in [-0.05, 0) is 52.3 Å². The van der Waals surface area contributed by atoms with Gasteiger partial charge in [0.05, 0.1) is 5.56 Å². The molecule has 0 fully saturated rings. The molecule has 1 aromatic heterocycles. The maximum absolute atomic E-state index is 12.8. The Morgan fingerprint density at radius 1 is 1.05 bits per heavy atom. The second-order valence-corrected chi connectivity index (χ2v) is 5.08. The quantitative estimate of drug-likeness (QED) is 0.708. The zero-order valence-electron chi connectivity index (χ0n) is 10.8. The monoisotopic (exact) mass is 348 g/mol. The fourth-order valence-corrected chi connectivity index (χ4v) is 2.19. The lowest BCUT2D eigenvalue weighted by Crippen LogP contribution is -1.95. The molecule has 0 bridgehead atoms. The van der Waals surface area contributed by atoms with Crippen molar-refractivity contribution >= 4 is 15.9 Å². The second kappa shape index (κ2) is 6.05. The molecule has 6 heteroatoms. The molecule has 106 valence electrons. The Hall–Kier alpha value is -2.21. The minimum absolute atomic E-state index is 0.128. The number of halogens is 2. The minimum Gasteiger partial charge on any atom is -0.484 e. The molecular formula is C15H10BrFN2O2. The molecule has 0 atom stereocenters. The summed E-state index contributed by atoms with van der Waals surface area (Å²) in [6, 6.07) is 13.3. The lowest BCUT2D eigenvalue weighted by atomic mass is 10.2. The second-order valence-electron chi connectivity index (χ2n) is 4.22. The molecule has 3 rings (SSSR count). The van der Waals surface area contributed by atoms with Crippen molar-refractivity contribution in [1.29, 1.82) is 0 Å². The topological polar surface area (TPSA) is 48.2 Å². The molecule has 0 aliphatic rings. The number of hydrogen-bond acceptors (Lipinski definition) is 4. The predicted molar refractivity (Wildman–Crippen MR) is 78.2 cm³/mol. The lowest BCUT2D eigenvalue weighted by Gasteiger charge is -2.02. The maximum atomic E-state index is 12.8. The molecule has 4 nitrogen and oxygen atoms in total. The Morgan fingerprint density at radius 2 is 1.81 bits per heavy atom. The van der Waals surface area contributed by atoms with E-state index in [4.69, 9.17) is 9.15 Å². The highest BCUT2D eigenvalue weighted by Crippen LogP contribution is 2.26. The maximum Gasteiger partial charge on any atom is 0.254 e. The van der Waals surface area contributed by atoms with Gasteiger partial charge in [0.1, 0.15) is 11.6 Å². The molecule has 0 aliphatic heterocycles. The number of ether oxygens (including phenoxy) is 1. The van der Waals surface area contributed by atoms with Crippen LogP contribution in [0.15, 0.2) is 57.4 Å². The number of rotatable bonds is 4. The average molecular weight is 349 g/mol. The van der Waals surface area contributed by atoms with Gasteiger partial charge in [-0.1, -0.05) is 12.1 Å².